The van der Waals surface area contributed by atoms with Crippen molar-refractivity contribution in [2.75, 3.05) is 39.3 Å². The summed E-state index contributed by atoms with van der Waals surface area (Å²) in [6.45, 7) is 1.83. The Kier molecular flexibility index (Phi) is 8.85. The number of rotatable bonds is 6. The van der Waals surface area contributed by atoms with Crippen molar-refractivity contribution in [2.45, 2.75) is 18.3 Å². The summed E-state index contributed by atoms with van der Waals surface area (Å²) < 4.78 is 16.4. The molecule has 0 aliphatic carbocycles. The second-order valence-corrected chi connectivity index (χ2v) is 7.23. The number of hydrogen-bond acceptors (Lipinski definition) is 4. The zero-order valence-electron chi connectivity index (χ0n) is 16.6. The zero-order valence-corrected chi connectivity index (χ0v) is 19.7. The van der Waals surface area contributed by atoms with Crippen molar-refractivity contribution < 1.29 is 14.2 Å². The summed E-state index contributed by atoms with van der Waals surface area (Å²) in [6.07, 6.45) is 1.64. The van der Waals surface area contributed by atoms with Gasteiger partial charge >= 0.3 is 0 Å². The van der Waals surface area contributed by atoms with E-state index in [1.165, 1.54) is 0 Å². The SMILES string of the molecule is COc1cccc(NC(N)=NCC2(c3cc(Cl)ccc3OC)CCOCC2)c1.I. The summed E-state index contributed by atoms with van der Waals surface area (Å²) in [5.41, 5.74) is 7.79. The fourth-order valence-corrected chi connectivity index (χ4v) is 3.67. The lowest BCUT2D eigenvalue weighted by Crippen LogP contribution is -2.38. The summed E-state index contributed by atoms with van der Waals surface area (Å²) in [7, 11) is 3.30. The number of hydrogen-bond donors (Lipinski definition) is 2. The molecule has 3 rings (SSSR count). The van der Waals surface area contributed by atoms with Gasteiger partial charge in [-0.3, -0.25) is 4.99 Å². The number of nitrogens with zero attached hydrogens (tertiary/aromatic N) is 1. The Morgan fingerprint density at radius 2 is 1.93 bits per heavy atom. The first-order valence-corrected chi connectivity index (χ1v) is 9.57. The Morgan fingerprint density at radius 3 is 2.62 bits per heavy atom. The standard InChI is InChI=1S/C21H26ClN3O3.HI/c1-26-17-5-3-4-16(13-17)25-20(23)24-14-21(8-10-28-11-9-21)18-12-15(22)6-7-19(18)27-2;/h3-7,12-13H,8-11,14H2,1-2H3,(H3,23,24,25);1H. The molecule has 1 heterocycles. The molecule has 0 atom stereocenters. The molecule has 0 saturated carbocycles. The number of halogens is 2. The van der Waals surface area contributed by atoms with Crippen LogP contribution in [0.3, 0.4) is 0 Å². The van der Waals surface area contributed by atoms with Gasteiger partial charge in [-0.25, -0.2) is 0 Å². The van der Waals surface area contributed by atoms with E-state index < -0.39 is 0 Å². The molecular weight excluding hydrogens is 505 g/mol. The van der Waals surface area contributed by atoms with Crippen molar-refractivity contribution in [3.05, 3.63) is 53.1 Å². The molecule has 2 aromatic rings. The van der Waals surface area contributed by atoms with Crippen LogP contribution in [0.2, 0.25) is 5.02 Å². The fraction of sp³-hybridized carbons (Fsp3) is 0.381. The van der Waals surface area contributed by atoms with Crippen LogP contribution in [-0.2, 0) is 10.2 Å². The van der Waals surface area contributed by atoms with Gasteiger partial charge in [0.2, 0.25) is 0 Å². The maximum atomic E-state index is 6.28. The van der Waals surface area contributed by atoms with E-state index in [1.807, 2.05) is 42.5 Å². The highest BCUT2D eigenvalue weighted by Crippen LogP contribution is 2.41. The predicted octanol–water partition coefficient (Wildman–Crippen LogP) is 4.45. The average Bonchev–Trinajstić information content (AvgIpc) is 2.73. The average molecular weight is 532 g/mol. The first-order chi connectivity index (χ1) is 13.6. The van der Waals surface area contributed by atoms with Gasteiger partial charge in [-0.05, 0) is 43.2 Å². The number of methoxy groups -OCH3 is 2. The molecular formula is C21H27ClIN3O3. The van der Waals surface area contributed by atoms with Crippen molar-refractivity contribution >= 4 is 47.2 Å². The molecule has 2 aromatic carbocycles. The minimum absolute atomic E-state index is 0. The van der Waals surface area contributed by atoms with Gasteiger partial charge < -0.3 is 25.3 Å². The normalized spacial score (nSPS) is 15.9. The van der Waals surface area contributed by atoms with Gasteiger partial charge in [0.25, 0.3) is 0 Å². The second-order valence-electron chi connectivity index (χ2n) is 6.80. The van der Waals surface area contributed by atoms with E-state index in [4.69, 9.17) is 31.5 Å². The third-order valence-electron chi connectivity index (χ3n) is 5.08. The number of aliphatic imine (C=N–C) groups is 1. The molecule has 1 aliphatic rings. The van der Waals surface area contributed by atoms with Gasteiger partial charge in [0.05, 0.1) is 20.8 Å². The maximum absolute atomic E-state index is 6.28. The highest BCUT2D eigenvalue weighted by atomic mass is 127. The molecule has 0 spiro atoms. The van der Waals surface area contributed by atoms with E-state index in [0.717, 1.165) is 35.6 Å². The topological polar surface area (TPSA) is 78.1 Å². The molecule has 0 amide bonds. The lowest BCUT2D eigenvalue weighted by Gasteiger charge is -2.37. The molecule has 6 nitrogen and oxygen atoms in total. The van der Waals surface area contributed by atoms with Gasteiger partial charge in [-0.15, -0.1) is 24.0 Å². The van der Waals surface area contributed by atoms with Gasteiger partial charge in [0.15, 0.2) is 5.96 Å². The van der Waals surface area contributed by atoms with Crippen LogP contribution in [0.15, 0.2) is 47.5 Å². The summed E-state index contributed by atoms with van der Waals surface area (Å²) in [4.78, 5) is 4.64. The Morgan fingerprint density at radius 1 is 1.17 bits per heavy atom. The van der Waals surface area contributed by atoms with Crippen LogP contribution in [0.4, 0.5) is 5.69 Å². The van der Waals surface area contributed by atoms with Crippen molar-refractivity contribution in [3.8, 4) is 11.5 Å². The van der Waals surface area contributed by atoms with Gasteiger partial charge in [0, 0.05) is 41.0 Å². The minimum Gasteiger partial charge on any atom is -0.497 e. The number of ether oxygens (including phenoxy) is 3. The highest BCUT2D eigenvalue weighted by molar-refractivity contribution is 14.0. The summed E-state index contributed by atoms with van der Waals surface area (Å²) in [5.74, 6) is 1.91. The molecule has 0 bridgehead atoms. The lowest BCUT2D eigenvalue weighted by molar-refractivity contribution is 0.0523. The van der Waals surface area contributed by atoms with E-state index >= 15 is 0 Å². The minimum atomic E-state index is -0.241. The lowest BCUT2D eigenvalue weighted by atomic mass is 9.73. The third kappa shape index (κ3) is 5.90. The number of nitrogens with one attached hydrogen (secondary N) is 1. The smallest absolute Gasteiger partial charge is 0.193 e. The Balaban J connectivity index is 0.00000300. The molecule has 29 heavy (non-hydrogen) atoms. The molecule has 1 aliphatic heterocycles. The van der Waals surface area contributed by atoms with E-state index in [-0.39, 0.29) is 29.4 Å². The van der Waals surface area contributed by atoms with Crippen LogP contribution in [-0.4, -0.2) is 39.9 Å². The van der Waals surface area contributed by atoms with E-state index in [2.05, 4.69) is 10.3 Å². The van der Waals surface area contributed by atoms with Crippen LogP contribution >= 0.6 is 35.6 Å². The summed E-state index contributed by atoms with van der Waals surface area (Å²) in [5, 5.41) is 3.80. The summed E-state index contributed by atoms with van der Waals surface area (Å²) >= 11 is 6.28. The van der Waals surface area contributed by atoms with Crippen LogP contribution in [0.5, 0.6) is 11.5 Å². The first-order valence-electron chi connectivity index (χ1n) is 9.19. The van der Waals surface area contributed by atoms with Crippen molar-refractivity contribution in [1.82, 2.24) is 0 Å². The molecule has 0 aromatic heterocycles. The van der Waals surface area contributed by atoms with Crippen LogP contribution < -0.4 is 20.5 Å². The third-order valence-corrected chi connectivity index (χ3v) is 5.31. The van der Waals surface area contributed by atoms with E-state index in [0.29, 0.717) is 30.7 Å². The van der Waals surface area contributed by atoms with Crippen molar-refractivity contribution in [2.24, 2.45) is 10.7 Å². The van der Waals surface area contributed by atoms with Gasteiger partial charge in [-0.2, -0.15) is 0 Å². The molecule has 158 valence electrons. The first kappa shape index (κ1) is 23.6. The van der Waals surface area contributed by atoms with Crippen molar-refractivity contribution in [3.63, 3.8) is 0 Å². The van der Waals surface area contributed by atoms with Gasteiger partial charge in [0.1, 0.15) is 11.5 Å². The molecule has 0 radical (unpaired) electrons. The van der Waals surface area contributed by atoms with Gasteiger partial charge in [-0.1, -0.05) is 17.7 Å². The maximum Gasteiger partial charge on any atom is 0.193 e. The largest absolute Gasteiger partial charge is 0.497 e. The van der Waals surface area contributed by atoms with Crippen LogP contribution in [0.25, 0.3) is 0 Å². The Hall–Kier alpha value is -1.71. The molecule has 8 heteroatoms. The van der Waals surface area contributed by atoms with E-state index in [1.54, 1.807) is 14.2 Å². The van der Waals surface area contributed by atoms with Crippen LogP contribution in [0.1, 0.15) is 18.4 Å². The predicted molar refractivity (Wildman–Crippen MR) is 128 cm³/mol. The molecule has 0 unspecified atom stereocenters. The van der Waals surface area contributed by atoms with E-state index in [9.17, 15) is 0 Å². The summed E-state index contributed by atoms with van der Waals surface area (Å²) in [6, 6.07) is 13.2. The van der Waals surface area contributed by atoms with Crippen LogP contribution in [0, 0.1) is 0 Å². The second kappa shape index (κ2) is 10.9. The highest BCUT2D eigenvalue weighted by Gasteiger charge is 2.37. The van der Waals surface area contributed by atoms with Crippen molar-refractivity contribution in [1.29, 1.82) is 0 Å². The number of benzene rings is 2. The molecule has 1 fully saturated rings. The number of anilines is 1. The quantitative estimate of drug-likeness (QED) is 0.327. The fourth-order valence-electron chi connectivity index (χ4n) is 3.49. The molecule has 1 saturated heterocycles. The number of guanidine groups is 1. The monoisotopic (exact) mass is 531 g/mol. The number of nitrogens with two attached hydrogens (primary N) is 1. The zero-order chi connectivity index (χ0) is 20.0. The molecule has 3 N–H and O–H groups in total. The Labute approximate surface area is 193 Å². The Bertz CT molecular complexity index is 842.